The Morgan fingerprint density at radius 1 is 1.27 bits per heavy atom. The highest BCUT2D eigenvalue weighted by Gasteiger charge is 2.43. The SMILES string of the molecule is COC(=O)[C@](C)(O)C(C)(C)C. The van der Waals surface area contributed by atoms with Crippen molar-refractivity contribution in [3.05, 3.63) is 0 Å². The van der Waals surface area contributed by atoms with Crippen molar-refractivity contribution >= 4 is 5.97 Å². The molecule has 0 saturated carbocycles. The van der Waals surface area contributed by atoms with Crippen LogP contribution in [0.1, 0.15) is 27.7 Å². The second-order valence-corrected chi connectivity index (χ2v) is 3.81. The van der Waals surface area contributed by atoms with Gasteiger partial charge in [0.1, 0.15) is 0 Å². The van der Waals surface area contributed by atoms with Crippen LogP contribution in [0.3, 0.4) is 0 Å². The molecular formula is C8H16O3. The van der Waals surface area contributed by atoms with Crippen molar-refractivity contribution in [1.82, 2.24) is 0 Å². The third-order valence-corrected chi connectivity index (χ3v) is 2.04. The molecule has 0 aliphatic rings. The lowest BCUT2D eigenvalue weighted by atomic mass is 9.78. The predicted octanol–water partition coefficient (Wildman–Crippen LogP) is 0.956. The fourth-order valence-electron chi connectivity index (χ4n) is 0.505. The number of carbonyl (C=O) groups is 1. The van der Waals surface area contributed by atoms with Crippen molar-refractivity contribution in [3.63, 3.8) is 0 Å². The van der Waals surface area contributed by atoms with Gasteiger partial charge in [-0.25, -0.2) is 4.79 Å². The van der Waals surface area contributed by atoms with Crippen LogP contribution in [-0.4, -0.2) is 23.8 Å². The van der Waals surface area contributed by atoms with E-state index in [4.69, 9.17) is 0 Å². The Labute approximate surface area is 67.4 Å². The summed E-state index contributed by atoms with van der Waals surface area (Å²) in [5.41, 5.74) is -1.91. The van der Waals surface area contributed by atoms with Crippen molar-refractivity contribution in [2.24, 2.45) is 5.41 Å². The molecule has 0 heterocycles. The summed E-state index contributed by atoms with van der Waals surface area (Å²) in [4.78, 5) is 11.0. The van der Waals surface area contributed by atoms with E-state index in [1.807, 2.05) is 0 Å². The summed E-state index contributed by atoms with van der Waals surface area (Å²) >= 11 is 0. The minimum atomic E-state index is -1.41. The number of ether oxygens (including phenoxy) is 1. The van der Waals surface area contributed by atoms with Crippen LogP contribution in [-0.2, 0) is 9.53 Å². The predicted molar refractivity (Wildman–Crippen MR) is 42.1 cm³/mol. The van der Waals surface area contributed by atoms with E-state index in [-0.39, 0.29) is 0 Å². The molecule has 0 radical (unpaired) electrons. The molecule has 0 bridgehead atoms. The normalized spacial score (nSPS) is 17.3. The van der Waals surface area contributed by atoms with Crippen molar-refractivity contribution < 1.29 is 14.6 Å². The fourth-order valence-corrected chi connectivity index (χ4v) is 0.505. The van der Waals surface area contributed by atoms with Crippen LogP contribution in [0.2, 0.25) is 0 Å². The molecule has 1 N–H and O–H groups in total. The van der Waals surface area contributed by atoms with E-state index in [2.05, 4.69) is 4.74 Å². The first-order valence-electron chi connectivity index (χ1n) is 3.54. The van der Waals surface area contributed by atoms with E-state index in [0.717, 1.165) is 0 Å². The van der Waals surface area contributed by atoms with Gasteiger partial charge in [-0.2, -0.15) is 0 Å². The Balaban J connectivity index is 4.59. The van der Waals surface area contributed by atoms with Gasteiger partial charge in [0.15, 0.2) is 5.60 Å². The third kappa shape index (κ3) is 1.93. The summed E-state index contributed by atoms with van der Waals surface area (Å²) in [6.45, 7) is 6.80. The van der Waals surface area contributed by atoms with E-state index in [9.17, 15) is 9.90 Å². The van der Waals surface area contributed by atoms with Crippen molar-refractivity contribution in [2.45, 2.75) is 33.3 Å². The van der Waals surface area contributed by atoms with Crippen molar-refractivity contribution in [1.29, 1.82) is 0 Å². The molecule has 0 unspecified atom stereocenters. The van der Waals surface area contributed by atoms with Crippen LogP contribution in [0.5, 0.6) is 0 Å². The van der Waals surface area contributed by atoms with Crippen LogP contribution in [0.25, 0.3) is 0 Å². The van der Waals surface area contributed by atoms with Gasteiger partial charge in [-0.15, -0.1) is 0 Å². The Bertz CT molecular complexity index is 153. The number of hydrogen-bond donors (Lipinski definition) is 1. The number of methoxy groups -OCH3 is 1. The first-order valence-corrected chi connectivity index (χ1v) is 3.54. The molecule has 0 aliphatic heterocycles. The quantitative estimate of drug-likeness (QED) is 0.581. The number of hydrogen-bond acceptors (Lipinski definition) is 3. The molecule has 0 aromatic rings. The molecule has 11 heavy (non-hydrogen) atoms. The summed E-state index contributed by atoms with van der Waals surface area (Å²) in [7, 11) is 1.27. The van der Waals surface area contributed by atoms with Gasteiger partial charge in [0.05, 0.1) is 7.11 Å². The Morgan fingerprint density at radius 2 is 1.64 bits per heavy atom. The highest BCUT2D eigenvalue weighted by Crippen LogP contribution is 2.30. The summed E-state index contributed by atoms with van der Waals surface area (Å²) in [6.07, 6.45) is 0. The summed E-state index contributed by atoms with van der Waals surface area (Å²) in [5, 5.41) is 9.64. The minimum Gasteiger partial charge on any atom is -0.467 e. The molecule has 0 aromatic carbocycles. The highest BCUT2D eigenvalue weighted by molar-refractivity contribution is 5.79. The molecular weight excluding hydrogens is 144 g/mol. The first kappa shape index (κ1) is 10.4. The number of rotatable bonds is 1. The van der Waals surface area contributed by atoms with Crippen molar-refractivity contribution in [2.75, 3.05) is 7.11 Å². The van der Waals surface area contributed by atoms with Crippen LogP contribution in [0.4, 0.5) is 0 Å². The van der Waals surface area contributed by atoms with E-state index < -0.39 is 17.0 Å². The number of esters is 1. The number of aliphatic hydroxyl groups is 1. The molecule has 1 atom stereocenters. The molecule has 3 heteroatoms. The molecule has 0 rings (SSSR count). The molecule has 0 aromatic heterocycles. The molecule has 0 spiro atoms. The van der Waals surface area contributed by atoms with Crippen molar-refractivity contribution in [3.8, 4) is 0 Å². The molecule has 0 fully saturated rings. The lowest BCUT2D eigenvalue weighted by Crippen LogP contribution is -2.47. The Hall–Kier alpha value is -0.570. The smallest absolute Gasteiger partial charge is 0.338 e. The van der Waals surface area contributed by atoms with Gasteiger partial charge in [0.25, 0.3) is 0 Å². The van der Waals surface area contributed by atoms with Gasteiger partial charge in [0.2, 0.25) is 0 Å². The highest BCUT2D eigenvalue weighted by atomic mass is 16.5. The maximum absolute atomic E-state index is 11.0. The third-order valence-electron chi connectivity index (χ3n) is 2.04. The first-order chi connectivity index (χ1) is 4.73. The van der Waals surface area contributed by atoms with Gasteiger partial charge in [0, 0.05) is 5.41 Å². The molecule has 0 aliphatic carbocycles. The minimum absolute atomic E-state index is 0.500. The van der Waals surface area contributed by atoms with Crippen LogP contribution < -0.4 is 0 Å². The average molecular weight is 160 g/mol. The summed E-state index contributed by atoms with van der Waals surface area (Å²) < 4.78 is 4.45. The maximum atomic E-state index is 11.0. The van der Waals surface area contributed by atoms with Gasteiger partial charge in [-0.3, -0.25) is 0 Å². The molecule has 66 valence electrons. The molecule has 0 saturated heterocycles. The zero-order valence-corrected chi connectivity index (χ0v) is 7.76. The summed E-state index contributed by atoms with van der Waals surface area (Å²) in [6, 6.07) is 0. The Morgan fingerprint density at radius 3 is 1.73 bits per heavy atom. The van der Waals surface area contributed by atoms with Gasteiger partial charge >= 0.3 is 5.97 Å². The zero-order valence-electron chi connectivity index (χ0n) is 7.76. The largest absolute Gasteiger partial charge is 0.467 e. The van der Waals surface area contributed by atoms with Crippen LogP contribution in [0.15, 0.2) is 0 Å². The molecule has 3 nitrogen and oxygen atoms in total. The second-order valence-electron chi connectivity index (χ2n) is 3.81. The number of carbonyl (C=O) groups excluding carboxylic acids is 1. The van der Waals surface area contributed by atoms with E-state index in [1.54, 1.807) is 20.8 Å². The standard InChI is InChI=1S/C8H16O3/c1-7(2,3)8(4,10)6(9)11-5/h10H,1-5H3/t8-/m0/s1. The zero-order chi connectivity index (χ0) is 9.28. The fraction of sp³-hybridized carbons (Fsp3) is 0.875. The maximum Gasteiger partial charge on any atom is 0.338 e. The summed E-state index contributed by atoms with van der Waals surface area (Å²) in [5.74, 6) is -0.593. The second kappa shape index (κ2) is 2.81. The lowest BCUT2D eigenvalue weighted by molar-refractivity contribution is -0.171. The van der Waals surface area contributed by atoms with Crippen LogP contribution in [0, 0.1) is 5.41 Å². The van der Waals surface area contributed by atoms with Gasteiger partial charge < -0.3 is 9.84 Å². The Kier molecular flexibility index (Phi) is 2.67. The van der Waals surface area contributed by atoms with Gasteiger partial charge in [-0.05, 0) is 6.92 Å². The molecule has 0 amide bonds. The van der Waals surface area contributed by atoms with E-state index in [0.29, 0.717) is 0 Å². The van der Waals surface area contributed by atoms with Crippen LogP contribution >= 0.6 is 0 Å². The average Bonchev–Trinajstić information content (AvgIpc) is 1.83. The van der Waals surface area contributed by atoms with E-state index in [1.165, 1.54) is 14.0 Å². The van der Waals surface area contributed by atoms with Gasteiger partial charge in [-0.1, -0.05) is 20.8 Å². The van der Waals surface area contributed by atoms with E-state index >= 15 is 0 Å². The lowest BCUT2D eigenvalue weighted by Gasteiger charge is -2.33. The topological polar surface area (TPSA) is 46.5 Å². The monoisotopic (exact) mass is 160 g/mol.